The fourth-order valence-electron chi connectivity index (χ4n) is 4.22. The van der Waals surface area contributed by atoms with Crippen molar-refractivity contribution in [1.82, 2.24) is 10.2 Å². The van der Waals surface area contributed by atoms with Crippen molar-refractivity contribution in [3.8, 4) is 5.75 Å². The maximum atomic E-state index is 14.0. The molecule has 8 nitrogen and oxygen atoms in total. The molecular formula is C30H36FN3O5S. The monoisotopic (exact) mass is 569 g/mol. The van der Waals surface area contributed by atoms with Crippen LogP contribution >= 0.6 is 0 Å². The Morgan fingerprint density at radius 2 is 1.60 bits per heavy atom. The van der Waals surface area contributed by atoms with E-state index in [2.05, 4.69) is 5.32 Å². The van der Waals surface area contributed by atoms with E-state index in [4.69, 9.17) is 4.74 Å². The van der Waals surface area contributed by atoms with Crippen LogP contribution in [0.3, 0.4) is 0 Å². The summed E-state index contributed by atoms with van der Waals surface area (Å²) in [6.45, 7) is 3.82. The molecule has 0 saturated carbocycles. The van der Waals surface area contributed by atoms with Crippen molar-refractivity contribution in [2.45, 2.75) is 50.6 Å². The Morgan fingerprint density at radius 1 is 0.950 bits per heavy atom. The number of amides is 2. The number of benzene rings is 3. The van der Waals surface area contributed by atoms with Gasteiger partial charge in [-0.25, -0.2) is 12.8 Å². The topological polar surface area (TPSA) is 96.0 Å². The zero-order valence-corrected chi connectivity index (χ0v) is 23.9. The van der Waals surface area contributed by atoms with Crippen LogP contribution in [0, 0.1) is 5.82 Å². The van der Waals surface area contributed by atoms with Gasteiger partial charge in [-0.15, -0.1) is 0 Å². The van der Waals surface area contributed by atoms with Crippen LogP contribution in [0.5, 0.6) is 5.75 Å². The SMILES string of the molecule is CCCCNC(=O)[C@@H](CC)N(Cc1ccccc1)C(=O)CN(c1ccc(F)cc1)S(=O)(=O)c1ccc(OC)cc1. The highest BCUT2D eigenvalue weighted by molar-refractivity contribution is 7.92. The minimum absolute atomic E-state index is 0.0654. The molecule has 0 aliphatic rings. The summed E-state index contributed by atoms with van der Waals surface area (Å²) < 4.78 is 47.5. The third kappa shape index (κ3) is 7.81. The van der Waals surface area contributed by atoms with Crippen molar-refractivity contribution in [2.75, 3.05) is 24.5 Å². The first-order chi connectivity index (χ1) is 19.2. The Labute approximate surface area is 235 Å². The molecule has 3 aromatic carbocycles. The third-order valence-electron chi connectivity index (χ3n) is 6.45. The summed E-state index contributed by atoms with van der Waals surface area (Å²) in [7, 11) is -2.79. The zero-order chi connectivity index (χ0) is 29.1. The van der Waals surface area contributed by atoms with Crippen molar-refractivity contribution in [3.63, 3.8) is 0 Å². The minimum atomic E-state index is -4.26. The Kier molecular flexibility index (Phi) is 11.1. The second-order valence-electron chi connectivity index (χ2n) is 9.24. The number of hydrogen-bond donors (Lipinski definition) is 1. The molecule has 40 heavy (non-hydrogen) atoms. The molecule has 0 unspecified atom stereocenters. The van der Waals surface area contributed by atoms with E-state index in [0.29, 0.717) is 18.7 Å². The molecule has 1 N–H and O–H groups in total. The standard InChI is InChI=1S/C30H36FN3O5S/c1-4-6-20-32-30(36)28(5-2)33(21-23-10-8-7-9-11-23)29(35)22-34(25-14-12-24(31)13-15-25)40(37,38)27-18-16-26(39-3)17-19-27/h7-19,28H,4-6,20-22H2,1-3H3,(H,32,36)/t28-/m1/s1. The number of hydrogen-bond acceptors (Lipinski definition) is 5. The molecule has 0 radical (unpaired) electrons. The van der Waals surface area contributed by atoms with E-state index in [0.717, 1.165) is 34.8 Å². The number of methoxy groups -OCH3 is 1. The lowest BCUT2D eigenvalue weighted by molar-refractivity contribution is -0.140. The fraction of sp³-hybridized carbons (Fsp3) is 0.333. The number of rotatable bonds is 14. The number of carbonyl (C=O) groups is 2. The molecule has 0 heterocycles. The maximum absolute atomic E-state index is 14.0. The maximum Gasteiger partial charge on any atom is 0.264 e. The number of ether oxygens (including phenoxy) is 1. The Morgan fingerprint density at radius 3 is 2.17 bits per heavy atom. The van der Waals surface area contributed by atoms with Gasteiger partial charge < -0.3 is 15.0 Å². The van der Waals surface area contributed by atoms with Crippen LogP contribution in [0.4, 0.5) is 10.1 Å². The Balaban J connectivity index is 2.01. The van der Waals surface area contributed by atoms with Gasteiger partial charge in [0.05, 0.1) is 17.7 Å². The predicted molar refractivity (Wildman–Crippen MR) is 153 cm³/mol. The van der Waals surface area contributed by atoms with Crippen LogP contribution in [0.1, 0.15) is 38.7 Å². The number of halogens is 1. The number of sulfonamides is 1. The summed E-state index contributed by atoms with van der Waals surface area (Å²) in [5.41, 5.74) is 0.910. The lowest BCUT2D eigenvalue weighted by Crippen LogP contribution is -2.52. The number of nitrogens with one attached hydrogen (secondary N) is 1. The van der Waals surface area contributed by atoms with E-state index in [1.54, 1.807) is 6.92 Å². The molecule has 3 aromatic rings. The van der Waals surface area contributed by atoms with Crippen molar-refractivity contribution in [1.29, 1.82) is 0 Å². The number of nitrogens with zero attached hydrogens (tertiary/aromatic N) is 2. The summed E-state index contributed by atoms with van der Waals surface area (Å²) in [5.74, 6) is -0.941. The zero-order valence-electron chi connectivity index (χ0n) is 23.0. The molecule has 0 spiro atoms. The van der Waals surface area contributed by atoms with Crippen LogP contribution in [-0.4, -0.2) is 51.4 Å². The first kappa shape index (κ1) is 30.6. The van der Waals surface area contributed by atoms with Gasteiger partial charge in [-0.05, 0) is 66.9 Å². The highest BCUT2D eigenvalue weighted by Gasteiger charge is 2.33. The van der Waals surface area contributed by atoms with Gasteiger partial charge in [0.25, 0.3) is 10.0 Å². The van der Waals surface area contributed by atoms with E-state index in [1.807, 2.05) is 37.3 Å². The van der Waals surface area contributed by atoms with Gasteiger partial charge in [0.15, 0.2) is 0 Å². The normalized spacial score (nSPS) is 11.9. The molecule has 0 aliphatic carbocycles. The summed E-state index contributed by atoms with van der Waals surface area (Å²) in [6, 6.07) is 19.0. The highest BCUT2D eigenvalue weighted by atomic mass is 32.2. The predicted octanol–water partition coefficient (Wildman–Crippen LogP) is 4.75. The largest absolute Gasteiger partial charge is 0.497 e. The molecule has 2 amide bonds. The quantitative estimate of drug-likeness (QED) is 0.283. The second kappa shape index (κ2) is 14.5. The summed E-state index contributed by atoms with van der Waals surface area (Å²) in [5, 5.41) is 2.90. The molecule has 10 heteroatoms. The van der Waals surface area contributed by atoms with Crippen molar-refractivity contribution in [2.24, 2.45) is 0 Å². The average Bonchev–Trinajstić information content (AvgIpc) is 2.97. The van der Waals surface area contributed by atoms with Gasteiger partial charge in [0, 0.05) is 13.1 Å². The smallest absolute Gasteiger partial charge is 0.264 e. The Bertz CT molecular complexity index is 1350. The van der Waals surface area contributed by atoms with E-state index in [1.165, 1.54) is 48.4 Å². The van der Waals surface area contributed by atoms with Crippen molar-refractivity contribution < 1.29 is 27.1 Å². The van der Waals surface area contributed by atoms with Crippen LogP contribution in [0.25, 0.3) is 0 Å². The molecule has 0 fully saturated rings. The lowest BCUT2D eigenvalue weighted by Gasteiger charge is -2.33. The minimum Gasteiger partial charge on any atom is -0.497 e. The molecule has 0 aliphatic heterocycles. The molecule has 0 bridgehead atoms. The van der Waals surface area contributed by atoms with Crippen molar-refractivity contribution in [3.05, 3.63) is 90.2 Å². The van der Waals surface area contributed by atoms with Crippen molar-refractivity contribution >= 4 is 27.5 Å². The lowest BCUT2D eigenvalue weighted by atomic mass is 10.1. The van der Waals surface area contributed by atoms with Gasteiger partial charge in [0.1, 0.15) is 24.2 Å². The number of unbranched alkanes of at least 4 members (excludes halogenated alkanes) is 1. The van der Waals surface area contributed by atoms with E-state index in [-0.39, 0.29) is 23.0 Å². The first-order valence-electron chi connectivity index (χ1n) is 13.2. The van der Waals surface area contributed by atoms with Gasteiger partial charge in [0.2, 0.25) is 11.8 Å². The van der Waals surface area contributed by atoms with E-state index in [9.17, 15) is 22.4 Å². The van der Waals surface area contributed by atoms with Gasteiger partial charge in [-0.3, -0.25) is 13.9 Å². The molecule has 3 rings (SSSR count). The highest BCUT2D eigenvalue weighted by Crippen LogP contribution is 2.26. The van der Waals surface area contributed by atoms with Crippen LogP contribution in [0.2, 0.25) is 0 Å². The van der Waals surface area contributed by atoms with Crippen LogP contribution in [0.15, 0.2) is 83.8 Å². The molecule has 214 valence electrons. The third-order valence-corrected chi connectivity index (χ3v) is 8.24. The molecular weight excluding hydrogens is 533 g/mol. The molecule has 0 aromatic heterocycles. The fourth-order valence-corrected chi connectivity index (χ4v) is 5.63. The van der Waals surface area contributed by atoms with E-state index >= 15 is 0 Å². The summed E-state index contributed by atoms with van der Waals surface area (Å²) >= 11 is 0. The number of anilines is 1. The van der Waals surface area contributed by atoms with Gasteiger partial charge in [-0.1, -0.05) is 50.6 Å². The van der Waals surface area contributed by atoms with Crippen LogP contribution < -0.4 is 14.4 Å². The van der Waals surface area contributed by atoms with Crippen LogP contribution in [-0.2, 0) is 26.2 Å². The Hall–Kier alpha value is -3.92. The molecule has 1 atom stereocenters. The van der Waals surface area contributed by atoms with E-state index < -0.39 is 34.3 Å². The summed E-state index contributed by atoms with van der Waals surface area (Å²) in [6.07, 6.45) is 2.03. The second-order valence-corrected chi connectivity index (χ2v) is 11.1. The van der Waals surface area contributed by atoms with Gasteiger partial charge >= 0.3 is 0 Å². The number of carbonyl (C=O) groups excluding carboxylic acids is 2. The summed E-state index contributed by atoms with van der Waals surface area (Å²) in [4.78, 5) is 28.5. The first-order valence-corrected chi connectivity index (χ1v) is 14.7. The van der Waals surface area contributed by atoms with Gasteiger partial charge in [-0.2, -0.15) is 0 Å². The molecule has 0 saturated heterocycles. The average molecular weight is 570 g/mol.